The Labute approximate surface area is 504 Å². The Hall–Kier alpha value is -6.80. The summed E-state index contributed by atoms with van der Waals surface area (Å²) in [6.45, 7) is 13.7. The second-order valence-corrected chi connectivity index (χ2v) is 23.1. The minimum atomic E-state index is -1.33. The fraction of sp³-hybridized carbons (Fsp3) is 0.625. The van der Waals surface area contributed by atoms with E-state index in [0.29, 0.717) is 113 Å². The summed E-state index contributed by atoms with van der Waals surface area (Å²) in [6.07, 6.45) is 13.4. The van der Waals surface area contributed by atoms with E-state index in [9.17, 15) is 43.2 Å². The van der Waals surface area contributed by atoms with Crippen LogP contribution < -0.4 is 53.6 Å². The van der Waals surface area contributed by atoms with Gasteiger partial charge in [-0.25, -0.2) is 14.6 Å². The predicted octanol–water partition coefficient (Wildman–Crippen LogP) is 2.99. The number of benzene rings is 1. The van der Waals surface area contributed by atoms with E-state index in [2.05, 4.69) is 100 Å². The molecule has 26 nitrogen and oxygen atoms in total. The molecule has 9 amide bonds. The maximum absolute atomic E-state index is 13.8. The Bertz CT molecular complexity index is 2560. The van der Waals surface area contributed by atoms with Crippen LogP contribution in [0.5, 0.6) is 0 Å². The van der Waals surface area contributed by atoms with Crippen LogP contribution in [0.1, 0.15) is 105 Å². The summed E-state index contributed by atoms with van der Waals surface area (Å²) < 4.78 is 22.4. The molecule has 0 radical (unpaired) electrons. The third-order valence-electron chi connectivity index (χ3n) is 14.0. The molecule has 2 bridgehead atoms. The van der Waals surface area contributed by atoms with Gasteiger partial charge in [-0.1, -0.05) is 19.4 Å². The summed E-state index contributed by atoms with van der Waals surface area (Å²) in [4.78, 5) is 122. The molecule has 28 heteroatoms. The Morgan fingerprint density at radius 2 is 1.40 bits per heavy atom. The Kier molecular flexibility index (Phi) is 29.4. The largest absolute Gasteiger partial charge is 0.459 e. The van der Waals surface area contributed by atoms with Crippen molar-refractivity contribution in [3.63, 3.8) is 0 Å². The molecule has 464 valence electrons. The number of halogens is 1. The van der Waals surface area contributed by atoms with Crippen molar-refractivity contribution < 1.29 is 62.1 Å². The van der Waals surface area contributed by atoms with Gasteiger partial charge in [-0.2, -0.15) is 16.7 Å². The number of carbonyl (C=O) groups is 9. The number of thioether (sulfide) groups is 1. The number of likely N-dealkylation sites (tertiary alicyclic amines) is 1. The first-order valence-electron chi connectivity index (χ1n) is 28.2. The van der Waals surface area contributed by atoms with E-state index in [4.69, 9.17) is 24.7 Å². The van der Waals surface area contributed by atoms with Crippen LogP contribution in [0.2, 0.25) is 0 Å². The number of hydrogen-bond acceptors (Lipinski definition) is 18. The van der Waals surface area contributed by atoms with Gasteiger partial charge in [-0.05, 0) is 93.9 Å². The number of anilines is 4. The van der Waals surface area contributed by atoms with E-state index in [1.807, 2.05) is 18.7 Å². The lowest BCUT2D eigenvalue weighted by atomic mass is 9.85. The second kappa shape index (κ2) is 35.5. The molecule has 84 heavy (non-hydrogen) atoms. The van der Waals surface area contributed by atoms with Crippen molar-refractivity contribution in [1.82, 2.24) is 46.8 Å². The van der Waals surface area contributed by atoms with Crippen LogP contribution >= 0.6 is 27.7 Å². The molecular weight excluding hydrogens is 1170 g/mol. The number of primary amides is 1. The van der Waals surface area contributed by atoms with Gasteiger partial charge in [0.25, 0.3) is 0 Å². The number of terminal acetylenes is 1. The number of amides is 9. The Balaban J connectivity index is 0.00000102. The minimum absolute atomic E-state index is 0.0182. The zero-order valence-electron chi connectivity index (χ0n) is 48.8. The van der Waals surface area contributed by atoms with Gasteiger partial charge in [0, 0.05) is 94.2 Å². The van der Waals surface area contributed by atoms with E-state index >= 15 is 0 Å². The van der Waals surface area contributed by atoms with E-state index in [1.165, 1.54) is 18.7 Å². The van der Waals surface area contributed by atoms with E-state index < -0.39 is 65.5 Å². The minimum Gasteiger partial charge on any atom is -0.459 e. The third kappa shape index (κ3) is 22.7. The number of aromatic nitrogens is 2. The molecule has 4 fully saturated rings. The van der Waals surface area contributed by atoms with Gasteiger partial charge >= 0.3 is 12.0 Å². The lowest BCUT2D eigenvalue weighted by Gasteiger charge is -2.30. The molecule has 0 spiro atoms. The zero-order chi connectivity index (χ0) is 61.7. The first-order valence-corrected chi connectivity index (χ1v) is 30.2. The van der Waals surface area contributed by atoms with E-state index in [-0.39, 0.29) is 60.7 Å². The monoisotopic (exact) mass is 1260 g/mol. The molecule has 11 N–H and O–H groups in total. The zero-order valence-corrected chi connectivity index (χ0v) is 51.2. The predicted molar refractivity (Wildman–Crippen MR) is 321 cm³/mol. The van der Waals surface area contributed by atoms with Gasteiger partial charge in [0.15, 0.2) is 0 Å². The Morgan fingerprint density at radius 1 is 0.821 bits per heavy atom. The second-order valence-electron chi connectivity index (χ2n) is 21.2. The van der Waals surface area contributed by atoms with Crippen molar-refractivity contribution in [2.24, 2.45) is 11.1 Å². The van der Waals surface area contributed by atoms with Crippen LogP contribution in [-0.2, 0) is 57.3 Å². The number of nitrogens with zero attached hydrogens (tertiary/aromatic N) is 3. The van der Waals surface area contributed by atoms with Crippen LogP contribution in [0.4, 0.5) is 27.9 Å². The average molecular weight is 1260 g/mol. The number of rotatable bonds is 35. The molecule has 2 aromatic rings. The Morgan fingerprint density at radius 3 is 2.00 bits per heavy atom. The molecule has 6 rings (SSSR count). The van der Waals surface area contributed by atoms with Gasteiger partial charge < -0.3 is 77.4 Å². The highest BCUT2D eigenvalue weighted by Crippen LogP contribution is 2.39. The number of esters is 1. The molecule has 5 heterocycles. The van der Waals surface area contributed by atoms with Crippen molar-refractivity contribution in [1.29, 1.82) is 0 Å². The highest BCUT2D eigenvalue weighted by molar-refractivity contribution is 9.10. The molecule has 4 aliphatic heterocycles. The summed E-state index contributed by atoms with van der Waals surface area (Å²) >= 11 is 5.32. The first-order chi connectivity index (χ1) is 40.1. The van der Waals surface area contributed by atoms with Crippen LogP contribution in [0, 0.1) is 18.3 Å². The van der Waals surface area contributed by atoms with Crippen molar-refractivity contribution in [2.75, 3.05) is 99.8 Å². The van der Waals surface area contributed by atoms with Gasteiger partial charge in [0.05, 0.1) is 54.9 Å². The van der Waals surface area contributed by atoms with Crippen LogP contribution in [-0.4, -0.2) is 181 Å². The molecule has 0 aliphatic carbocycles. The molecule has 5 atom stereocenters. The number of urea groups is 1. The van der Waals surface area contributed by atoms with Crippen molar-refractivity contribution in [3.8, 4) is 12.8 Å². The van der Waals surface area contributed by atoms with Crippen LogP contribution in [0.25, 0.3) is 0 Å². The van der Waals surface area contributed by atoms with Gasteiger partial charge in [-0.3, -0.25) is 33.6 Å². The number of ether oxygens (including phenoxy) is 4. The summed E-state index contributed by atoms with van der Waals surface area (Å²) in [5, 5.41) is 26.0. The molecule has 1 unspecified atom stereocenters. The number of nitrogens with one attached hydrogen (secondary N) is 9. The summed E-state index contributed by atoms with van der Waals surface area (Å²) in [6, 6.07) is 4.58. The van der Waals surface area contributed by atoms with Gasteiger partial charge in [0.1, 0.15) is 29.4 Å². The maximum Gasteiger partial charge on any atom is 0.329 e. The topological polar surface area (TPSA) is 354 Å². The van der Waals surface area contributed by atoms with E-state index in [1.54, 1.807) is 30.5 Å². The SMILES string of the molecule is C#C.CCCCC(=O)NCCCOCCOCCOCCCNC(=O)CCCC(=O)NC(CC(=O)Nc1cccc(Nc2ncc(Br)c(NCCCNC(=O)C(C)(C)C(N)=O)n2)c1)C(=O)N1C[C@H]2C[C@@H]1C(=O)O2.C[C@@]12CSC[C@]1(C)NC(=O)N2. The van der Waals surface area contributed by atoms with E-state index in [0.717, 1.165) is 30.8 Å². The van der Waals surface area contributed by atoms with Crippen molar-refractivity contribution in [2.45, 2.75) is 135 Å². The molecule has 0 saturated carbocycles. The average Bonchev–Trinajstić information content (AvgIpc) is 4.26. The number of nitrogens with two attached hydrogens (primary N) is 1. The van der Waals surface area contributed by atoms with Crippen molar-refractivity contribution in [3.05, 3.63) is 34.9 Å². The molecule has 4 saturated heterocycles. The molecule has 1 aromatic carbocycles. The summed E-state index contributed by atoms with van der Waals surface area (Å²) in [7, 11) is 0. The standard InChI is InChI=1S/C47H70BrN11O12.C7H12N2OS.C2H2/c1-4-5-13-37(60)50-18-9-20-68-22-24-70-25-23-69-21-10-19-51-38(61)14-7-15-39(62)57-35(42(64)59-30-33-27-36(59)43(65)71-33)28-40(63)55-31-11-6-12-32(26-31)56-46-54-29-34(48)41(58-46)52-16-8-17-53-45(67)47(2,3)44(49)66;1-6-3-11-4-7(6,2)9-5(10)8-6;1-2/h6,11-12,26,29,33,35-36H,4-5,7-10,13-25,27-28,30H2,1-3H3,(H2,49,66)(H,50,60)(H,51,61)(H,53,67)(H,55,63)(H,57,62)(H2,52,54,56,58);3-4H2,1-2H3,(H2,8,9,10);1-2H/t33-,35?,36-;6-,7+;/m1../s1. The molecule has 4 aliphatic rings. The highest BCUT2D eigenvalue weighted by atomic mass is 79.9. The van der Waals surface area contributed by atoms with Crippen LogP contribution in [0.3, 0.4) is 0 Å². The maximum atomic E-state index is 13.8. The van der Waals surface area contributed by atoms with Crippen LogP contribution in [0.15, 0.2) is 34.9 Å². The third-order valence-corrected chi connectivity index (χ3v) is 16.2. The van der Waals surface area contributed by atoms with Gasteiger partial charge in [-0.15, -0.1) is 12.8 Å². The number of carbonyl (C=O) groups excluding carboxylic acids is 9. The fourth-order valence-electron chi connectivity index (χ4n) is 8.77. The number of unbranched alkanes of at least 4 members (excludes halogenated alkanes) is 1. The fourth-order valence-corrected chi connectivity index (χ4v) is 10.8. The number of hydrogen-bond donors (Lipinski definition) is 10. The normalized spacial score (nSPS) is 19.3. The van der Waals surface area contributed by atoms with Gasteiger partial charge in [0.2, 0.25) is 47.3 Å². The molecular formula is C56H84BrN13O13S. The lowest BCUT2D eigenvalue weighted by Crippen LogP contribution is -2.55. The van der Waals surface area contributed by atoms with Crippen molar-refractivity contribution >= 4 is 104 Å². The lowest BCUT2D eigenvalue weighted by molar-refractivity contribution is -0.158. The smallest absolute Gasteiger partial charge is 0.329 e. The summed E-state index contributed by atoms with van der Waals surface area (Å²) in [5.74, 6) is -0.858. The quantitative estimate of drug-likeness (QED) is 0.0156. The molecule has 1 aromatic heterocycles. The number of fused-ring (bicyclic) bond motifs is 3. The summed E-state index contributed by atoms with van der Waals surface area (Å²) in [5.41, 5.74) is 4.81. The number of morpholine rings is 1. The highest BCUT2D eigenvalue weighted by Gasteiger charge is 2.55. The first kappa shape index (κ1) is 69.7.